The molecule has 2 aromatic carbocycles. The number of rotatable bonds is 4. The van der Waals surface area contributed by atoms with Gasteiger partial charge in [0.25, 0.3) is 0 Å². The van der Waals surface area contributed by atoms with Gasteiger partial charge in [-0.15, -0.1) is 0 Å². The summed E-state index contributed by atoms with van der Waals surface area (Å²) in [5, 5.41) is 0.880. The summed E-state index contributed by atoms with van der Waals surface area (Å²) in [6, 6.07) is 17.8. The average Bonchev–Trinajstić information content (AvgIpc) is 2.47. The van der Waals surface area contributed by atoms with E-state index in [0.717, 1.165) is 10.6 Å². The van der Waals surface area contributed by atoms with Gasteiger partial charge in [0.05, 0.1) is 5.69 Å². The number of Topliss-reactive ketones (excluding diaryl/α,β-unsaturated/α-hetero) is 1. The molecule has 0 unspecified atom stereocenters. The minimum absolute atomic E-state index is 0.0558. The van der Waals surface area contributed by atoms with Crippen molar-refractivity contribution in [2.24, 2.45) is 5.84 Å². The molecule has 0 heterocycles. The van der Waals surface area contributed by atoms with Crippen LogP contribution in [0.15, 0.2) is 60.7 Å². The summed E-state index contributed by atoms with van der Waals surface area (Å²) < 4.78 is 0. The molecule has 0 bridgehead atoms. The summed E-state index contributed by atoms with van der Waals surface area (Å²) >= 11 is 0. The monoisotopic (exact) mass is 254 g/mol. The molecule has 0 fully saturated rings. The van der Waals surface area contributed by atoms with E-state index in [1.54, 1.807) is 36.4 Å². The van der Waals surface area contributed by atoms with Gasteiger partial charge in [-0.05, 0) is 17.7 Å². The molecule has 2 rings (SSSR count). The van der Waals surface area contributed by atoms with Crippen LogP contribution in [0.25, 0.3) is 0 Å². The lowest BCUT2D eigenvalue weighted by Crippen LogP contribution is -2.42. The molecule has 0 saturated heterocycles. The number of nitrogens with two attached hydrogens (primary N) is 1. The highest BCUT2D eigenvalue weighted by atomic mass is 16.2. The zero-order valence-electron chi connectivity index (χ0n) is 10.3. The van der Waals surface area contributed by atoms with Crippen LogP contribution >= 0.6 is 0 Å². The quantitative estimate of drug-likeness (QED) is 0.391. The molecular weight excluding hydrogens is 240 g/mol. The molecule has 0 aliphatic heterocycles. The lowest BCUT2D eigenvalue weighted by atomic mass is 10.1. The summed E-state index contributed by atoms with van der Waals surface area (Å²) in [6.45, 7) is 0. The Hall–Kier alpha value is -2.46. The number of carbonyl (C=O) groups is 2. The summed E-state index contributed by atoms with van der Waals surface area (Å²) in [5.41, 5.74) is 1.29. The number of anilines is 1. The van der Waals surface area contributed by atoms with Gasteiger partial charge in [0.15, 0.2) is 0 Å². The minimum atomic E-state index is -0.713. The van der Waals surface area contributed by atoms with Crippen molar-refractivity contribution in [3.05, 3.63) is 66.2 Å². The first kappa shape index (κ1) is 13.0. The molecule has 19 heavy (non-hydrogen) atoms. The van der Waals surface area contributed by atoms with Crippen molar-refractivity contribution in [2.45, 2.75) is 6.42 Å². The molecule has 0 saturated carbocycles. The highest BCUT2D eigenvalue weighted by Gasteiger charge is 2.20. The van der Waals surface area contributed by atoms with Crippen LogP contribution in [0, 0.1) is 0 Å². The van der Waals surface area contributed by atoms with Crippen molar-refractivity contribution in [2.75, 3.05) is 5.01 Å². The van der Waals surface area contributed by atoms with Crippen molar-refractivity contribution >= 4 is 17.4 Å². The summed E-state index contributed by atoms with van der Waals surface area (Å²) in [5.74, 6) is 4.41. The molecule has 1 amide bonds. The van der Waals surface area contributed by atoms with Crippen molar-refractivity contribution in [3.8, 4) is 0 Å². The number of benzene rings is 2. The highest BCUT2D eigenvalue weighted by Crippen LogP contribution is 2.10. The summed E-state index contributed by atoms with van der Waals surface area (Å²) in [7, 11) is 0. The van der Waals surface area contributed by atoms with Gasteiger partial charge < -0.3 is 0 Å². The van der Waals surface area contributed by atoms with Gasteiger partial charge in [0.2, 0.25) is 5.78 Å². The van der Waals surface area contributed by atoms with Crippen LogP contribution in [-0.2, 0) is 16.0 Å². The van der Waals surface area contributed by atoms with Gasteiger partial charge in [-0.3, -0.25) is 9.59 Å². The summed E-state index contributed by atoms with van der Waals surface area (Å²) in [4.78, 5) is 23.8. The van der Waals surface area contributed by atoms with E-state index in [4.69, 9.17) is 5.84 Å². The Labute approximate surface area is 111 Å². The Bertz CT molecular complexity index is 567. The van der Waals surface area contributed by atoms with Crippen molar-refractivity contribution in [3.63, 3.8) is 0 Å². The first-order valence-electron chi connectivity index (χ1n) is 5.89. The predicted molar refractivity (Wildman–Crippen MR) is 73.3 cm³/mol. The molecule has 4 heteroatoms. The second kappa shape index (κ2) is 5.93. The number of carbonyl (C=O) groups excluding carboxylic acids is 2. The fourth-order valence-corrected chi connectivity index (χ4v) is 1.70. The molecule has 96 valence electrons. The van der Waals surface area contributed by atoms with E-state index in [1.165, 1.54) is 0 Å². The largest absolute Gasteiger partial charge is 0.308 e. The predicted octanol–water partition coefficient (Wildman–Crippen LogP) is 1.71. The van der Waals surface area contributed by atoms with Crippen LogP contribution in [0.1, 0.15) is 5.56 Å². The third-order valence-corrected chi connectivity index (χ3v) is 2.70. The van der Waals surface area contributed by atoms with Crippen LogP contribution in [-0.4, -0.2) is 11.7 Å². The van der Waals surface area contributed by atoms with Crippen molar-refractivity contribution in [1.29, 1.82) is 0 Å². The average molecular weight is 254 g/mol. The van der Waals surface area contributed by atoms with Crippen LogP contribution in [0.2, 0.25) is 0 Å². The van der Waals surface area contributed by atoms with E-state index >= 15 is 0 Å². The maximum Gasteiger partial charge on any atom is 0.308 e. The minimum Gasteiger partial charge on any atom is -0.288 e. The highest BCUT2D eigenvalue weighted by molar-refractivity contribution is 6.41. The first-order valence-corrected chi connectivity index (χ1v) is 5.89. The number of amides is 1. The first-order chi connectivity index (χ1) is 9.18. The Morgan fingerprint density at radius 2 is 1.42 bits per heavy atom. The van der Waals surface area contributed by atoms with E-state index in [9.17, 15) is 9.59 Å². The number of ketones is 1. The SMILES string of the molecule is NN(C(=O)C(=O)Cc1ccccc1)c1ccccc1. The fraction of sp³-hybridized carbons (Fsp3) is 0.0667. The molecular formula is C15H14N2O2. The van der Waals surface area contributed by atoms with Gasteiger partial charge in [0, 0.05) is 6.42 Å². The summed E-state index contributed by atoms with van der Waals surface area (Å²) in [6.07, 6.45) is 0.0558. The van der Waals surface area contributed by atoms with Crippen LogP contribution in [0.3, 0.4) is 0 Å². The third-order valence-electron chi connectivity index (χ3n) is 2.70. The van der Waals surface area contributed by atoms with Gasteiger partial charge in [-0.2, -0.15) is 0 Å². The Balaban J connectivity index is 2.06. The normalized spacial score (nSPS) is 9.95. The molecule has 0 aliphatic rings. The molecule has 0 aromatic heterocycles. The van der Waals surface area contributed by atoms with E-state index in [1.807, 2.05) is 24.3 Å². The molecule has 2 N–H and O–H groups in total. The maximum absolute atomic E-state index is 11.9. The zero-order chi connectivity index (χ0) is 13.7. The van der Waals surface area contributed by atoms with E-state index in [2.05, 4.69) is 0 Å². The maximum atomic E-state index is 11.9. The second-order valence-electron chi connectivity index (χ2n) is 4.10. The van der Waals surface area contributed by atoms with Crippen molar-refractivity contribution < 1.29 is 9.59 Å². The number of nitrogens with zero attached hydrogens (tertiary/aromatic N) is 1. The van der Waals surface area contributed by atoms with Gasteiger partial charge in [-0.25, -0.2) is 10.9 Å². The molecule has 0 radical (unpaired) electrons. The molecule has 0 aliphatic carbocycles. The van der Waals surface area contributed by atoms with Crippen molar-refractivity contribution in [1.82, 2.24) is 0 Å². The van der Waals surface area contributed by atoms with E-state index < -0.39 is 11.7 Å². The molecule has 0 atom stereocenters. The number of hydrogen-bond acceptors (Lipinski definition) is 3. The second-order valence-corrected chi connectivity index (χ2v) is 4.10. The smallest absolute Gasteiger partial charge is 0.288 e. The molecule has 2 aromatic rings. The van der Waals surface area contributed by atoms with Crippen LogP contribution in [0.5, 0.6) is 0 Å². The fourth-order valence-electron chi connectivity index (χ4n) is 1.70. The Morgan fingerprint density at radius 3 is 2.00 bits per heavy atom. The molecule has 0 spiro atoms. The standard InChI is InChI=1S/C15H14N2O2/c16-17(13-9-5-2-6-10-13)15(19)14(18)11-12-7-3-1-4-8-12/h1-10H,11,16H2. The topological polar surface area (TPSA) is 63.4 Å². The Kier molecular flexibility index (Phi) is 4.05. The lowest BCUT2D eigenvalue weighted by molar-refractivity contribution is -0.135. The van der Waals surface area contributed by atoms with Gasteiger partial charge in [0.1, 0.15) is 0 Å². The zero-order valence-corrected chi connectivity index (χ0v) is 10.3. The van der Waals surface area contributed by atoms with E-state index in [0.29, 0.717) is 5.69 Å². The number of hydrazine groups is 1. The number of hydrogen-bond donors (Lipinski definition) is 1. The number of para-hydroxylation sites is 1. The van der Waals surface area contributed by atoms with Crippen LogP contribution < -0.4 is 10.9 Å². The van der Waals surface area contributed by atoms with E-state index in [-0.39, 0.29) is 6.42 Å². The lowest BCUT2D eigenvalue weighted by Gasteiger charge is -2.15. The van der Waals surface area contributed by atoms with Gasteiger partial charge in [-0.1, -0.05) is 48.5 Å². The van der Waals surface area contributed by atoms with Gasteiger partial charge >= 0.3 is 5.91 Å². The third kappa shape index (κ3) is 3.26. The molecule has 4 nitrogen and oxygen atoms in total. The Morgan fingerprint density at radius 1 is 0.895 bits per heavy atom. The van der Waals surface area contributed by atoms with Crippen LogP contribution in [0.4, 0.5) is 5.69 Å².